The van der Waals surface area contributed by atoms with Gasteiger partial charge in [-0.3, -0.25) is 4.79 Å². The number of aliphatic hydroxyl groups is 1. The normalized spacial score (nSPS) is 18.3. The van der Waals surface area contributed by atoms with Gasteiger partial charge in [-0.15, -0.1) is 0 Å². The number of anilines is 1. The van der Waals surface area contributed by atoms with Gasteiger partial charge in [-0.1, -0.05) is 0 Å². The monoisotopic (exact) mass is 375 g/mol. The zero-order valence-electron chi connectivity index (χ0n) is 15.1. The highest BCUT2D eigenvalue weighted by atomic mass is 19.1. The first-order chi connectivity index (χ1) is 12.9. The van der Waals surface area contributed by atoms with Gasteiger partial charge in [0.15, 0.2) is 5.82 Å². The number of aromatic carboxylic acids is 1. The molecule has 2 aliphatic rings. The molecule has 144 valence electrons. The Kier molecular flexibility index (Phi) is 4.39. The lowest BCUT2D eigenvalue weighted by atomic mass is 10.0. The molecular formula is C19H22FN3O4. The van der Waals surface area contributed by atoms with Gasteiger partial charge in [0.2, 0.25) is 5.43 Å². The molecule has 0 unspecified atom stereocenters. The number of carboxylic acids is 1. The van der Waals surface area contributed by atoms with Crippen LogP contribution in [0.2, 0.25) is 0 Å². The number of carbonyl (C=O) groups is 1. The maximum absolute atomic E-state index is 15.2. The fraction of sp³-hybridized carbons (Fsp3) is 0.474. The molecule has 2 N–H and O–H groups in total. The summed E-state index contributed by atoms with van der Waals surface area (Å²) in [5.41, 5.74) is -0.412. The van der Waals surface area contributed by atoms with Gasteiger partial charge in [0, 0.05) is 44.0 Å². The smallest absolute Gasteiger partial charge is 0.341 e. The van der Waals surface area contributed by atoms with Gasteiger partial charge in [-0.25, -0.2) is 9.18 Å². The molecule has 0 bridgehead atoms. The molecule has 0 spiro atoms. The van der Waals surface area contributed by atoms with E-state index in [1.54, 1.807) is 10.6 Å². The highest BCUT2D eigenvalue weighted by Gasteiger charge is 2.30. The number of likely N-dealkylation sites (N-methyl/N-ethyl adjacent to an activating group) is 1. The van der Waals surface area contributed by atoms with Crippen molar-refractivity contribution < 1.29 is 19.4 Å². The number of pyridine rings is 1. The summed E-state index contributed by atoms with van der Waals surface area (Å²) in [4.78, 5) is 28.3. The summed E-state index contributed by atoms with van der Waals surface area (Å²) in [6.45, 7) is 2.21. The summed E-state index contributed by atoms with van der Waals surface area (Å²) >= 11 is 0. The van der Waals surface area contributed by atoms with Crippen molar-refractivity contribution in [2.45, 2.75) is 25.5 Å². The zero-order valence-corrected chi connectivity index (χ0v) is 15.1. The molecule has 0 atom stereocenters. The number of aromatic nitrogens is 1. The molecule has 1 aliphatic heterocycles. The van der Waals surface area contributed by atoms with E-state index in [2.05, 4.69) is 4.90 Å². The van der Waals surface area contributed by atoms with E-state index in [4.69, 9.17) is 0 Å². The number of piperazine rings is 1. The van der Waals surface area contributed by atoms with Gasteiger partial charge in [-0.05, 0) is 26.0 Å². The number of hydrogen-bond acceptors (Lipinski definition) is 5. The van der Waals surface area contributed by atoms with Crippen LogP contribution in [0.1, 0.15) is 34.8 Å². The van der Waals surface area contributed by atoms with Crippen LogP contribution in [-0.4, -0.2) is 58.9 Å². The Morgan fingerprint density at radius 2 is 1.93 bits per heavy atom. The maximum atomic E-state index is 15.2. The lowest BCUT2D eigenvalue weighted by molar-refractivity contribution is 0.0694. The van der Waals surface area contributed by atoms with Gasteiger partial charge < -0.3 is 24.6 Å². The van der Waals surface area contributed by atoms with Crippen molar-refractivity contribution in [2.75, 3.05) is 38.1 Å². The molecule has 1 aliphatic carbocycles. The minimum absolute atomic E-state index is 0.0281. The van der Waals surface area contributed by atoms with Gasteiger partial charge in [-0.2, -0.15) is 0 Å². The van der Waals surface area contributed by atoms with E-state index in [9.17, 15) is 19.8 Å². The highest BCUT2D eigenvalue weighted by molar-refractivity contribution is 5.95. The fourth-order valence-corrected chi connectivity index (χ4v) is 3.78. The molecule has 1 saturated heterocycles. The first kappa shape index (κ1) is 17.9. The molecule has 1 aromatic heterocycles. The van der Waals surface area contributed by atoms with Crippen molar-refractivity contribution in [2.24, 2.45) is 0 Å². The zero-order chi connectivity index (χ0) is 19.3. The van der Waals surface area contributed by atoms with Crippen molar-refractivity contribution in [3.8, 4) is 0 Å². The van der Waals surface area contributed by atoms with Gasteiger partial charge in [0.25, 0.3) is 0 Å². The van der Waals surface area contributed by atoms with Crippen LogP contribution in [0.4, 0.5) is 10.1 Å². The second-order valence-corrected chi connectivity index (χ2v) is 7.35. The van der Waals surface area contributed by atoms with E-state index in [0.29, 0.717) is 24.3 Å². The largest absolute Gasteiger partial charge is 0.477 e. The lowest BCUT2D eigenvalue weighted by Crippen LogP contribution is -2.45. The van der Waals surface area contributed by atoms with Crippen molar-refractivity contribution in [3.63, 3.8) is 0 Å². The average Bonchev–Trinajstić information content (AvgIpc) is 3.47. The molecule has 4 rings (SSSR count). The summed E-state index contributed by atoms with van der Waals surface area (Å²) in [6, 6.07) is 1.74. The molecule has 2 fully saturated rings. The second kappa shape index (κ2) is 6.61. The lowest BCUT2D eigenvalue weighted by Gasteiger charge is -2.34. The van der Waals surface area contributed by atoms with E-state index in [1.807, 2.05) is 11.9 Å². The Morgan fingerprint density at radius 1 is 1.26 bits per heavy atom. The molecule has 27 heavy (non-hydrogen) atoms. The summed E-state index contributed by atoms with van der Waals surface area (Å²) in [7, 11) is 2.01. The fourth-order valence-electron chi connectivity index (χ4n) is 3.78. The predicted octanol–water partition coefficient (Wildman–Crippen LogP) is 1.42. The van der Waals surface area contributed by atoms with Gasteiger partial charge in [0.1, 0.15) is 5.56 Å². The summed E-state index contributed by atoms with van der Waals surface area (Å²) in [5, 5.41) is 19.2. The summed E-state index contributed by atoms with van der Waals surface area (Å²) < 4.78 is 17.0. The molecule has 1 saturated carbocycles. The predicted molar refractivity (Wildman–Crippen MR) is 99.0 cm³/mol. The number of benzene rings is 1. The second-order valence-electron chi connectivity index (χ2n) is 7.35. The molecule has 1 aromatic carbocycles. The quantitative estimate of drug-likeness (QED) is 0.841. The van der Waals surface area contributed by atoms with Crippen LogP contribution in [0.3, 0.4) is 0 Å². The Bertz CT molecular complexity index is 975. The van der Waals surface area contributed by atoms with E-state index >= 15 is 4.39 Å². The number of carboxylic acid groups (broad SMARTS) is 1. The number of halogens is 1. The molecular weight excluding hydrogens is 353 g/mol. The molecule has 0 amide bonds. The van der Waals surface area contributed by atoms with Crippen LogP contribution in [0.15, 0.2) is 17.1 Å². The molecule has 2 aromatic rings. The van der Waals surface area contributed by atoms with Crippen LogP contribution in [-0.2, 0) is 6.61 Å². The molecule has 2 heterocycles. The Labute approximate surface area is 155 Å². The van der Waals surface area contributed by atoms with Crippen LogP contribution < -0.4 is 10.3 Å². The number of fused-ring (bicyclic) bond motifs is 1. The van der Waals surface area contributed by atoms with Crippen LogP contribution in [0, 0.1) is 5.82 Å². The summed E-state index contributed by atoms with van der Waals surface area (Å²) in [5.74, 6) is -1.99. The highest BCUT2D eigenvalue weighted by Crippen LogP contribution is 2.39. The van der Waals surface area contributed by atoms with Gasteiger partial charge in [0.05, 0.1) is 23.2 Å². The Hall–Kier alpha value is -2.45. The van der Waals surface area contributed by atoms with E-state index in [-0.39, 0.29) is 17.0 Å². The third-order valence-corrected chi connectivity index (χ3v) is 5.51. The minimum Gasteiger partial charge on any atom is -0.477 e. The number of hydrogen-bond donors (Lipinski definition) is 2. The number of aliphatic hydroxyl groups excluding tert-OH is 1. The standard InChI is InChI=1S/C19H22FN3O4/c1-21-4-6-22(7-5-21)15-8-14-16(13(10-24)17(15)20)18(25)12(19(26)27)9-23(14)11-2-3-11/h8-9,11,24H,2-7,10H2,1H3,(H,26,27). The van der Waals surface area contributed by atoms with Crippen molar-refractivity contribution in [1.29, 1.82) is 0 Å². The van der Waals surface area contributed by atoms with Crippen molar-refractivity contribution >= 4 is 22.6 Å². The van der Waals surface area contributed by atoms with E-state index in [1.165, 1.54) is 6.20 Å². The van der Waals surface area contributed by atoms with Crippen LogP contribution >= 0.6 is 0 Å². The first-order valence-corrected chi connectivity index (χ1v) is 9.10. The molecule has 7 nitrogen and oxygen atoms in total. The van der Waals surface area contributed by atoms with Gasteiger partial charge >= 0.3 is 5.97 Å². The Balaban J connectivity index is 1.99. The van der Waals surface area contributed by atoms with Crippen molar-refractivity contribution in [3.05, 3.63) is 39.4 Å². The number of rotatable bonds is 4. The number of nitrogens with zero attached hydrogens (tertiary/aromatic N) is 3. The molecule has 0 radical (unpaired) electrons. The molecule has 8 heteroatoms. The average molecular weight is 375 g/mol. The summed E-state index contributed by atoms with van der Waals surface area (Å²) in [6.07, 6.45) is 3.12. The Morgan fingerprint density at radius 3 is 2.48 bits per heavy atom. The third kappa shape index (κ3) is 2.98. The van der Waals surface area contributed by atoms with E-state index < -0.39 is 29.4 Å². The van der Waals surface area contributed by atoms with Crippen molar-refractivity contribution in [1.82, 2.24) is 9.47 Å². The topological polar surface area (TPSA) is 86.0 Å². The van der Waals surface area contributed by atoms with Crippen LogP contribution in [0.25, 0.3) is 10.9 Å². The maximum Gasteiger partial charge on any atom is 0.341 e. The SMILES string of the molecule is CN1CCN(c2cc3c(c(CO)c2F)c(=O)c(C(=O)O)cn3C2CC2)CC1. The first-order valence-electron chi connectivity index (χ1n) is 9.10. The van der Waals surface area contributed by atoms with Crippen LogP contribution in [0.5, 0.6) is 0 Å². The van der Waals surface area contributed by atoms with E-state index in [0.717, 1.165) is 25.9 Å². The third-order valence-electron chi connectivity index (χ3n) is 5.51. The minimum atomic E-state index is -1.34.